The van der Waals surface area contributed by atoms with Crippen LogP contribution in [0.25, 0.3) is 0 Å². The van der Waals surface area contributed by atoms with Crippen molar-refractivity contribution in [3.05, 3.63) is 29.8 Å². The van der Waals surface area contributed by atoms with E-state index in [1.54, 1.807) is 0 Å². The summed E-state index contributed by atoms with van der Waals surface area (Å²) in [5.74, 6) is 1.14. The highest BCUT2D eigenvalue weighted by molar-refractivity contribution is 5.94. The first-order chi connectivity index (χ1) is 12.1. The molecule has 1 saturated carbocycles. The summed E-state index contributed by atoms with van der Waals surface area (Å²) in [6.45, 7) is 4.24. The van der Waals surface area contributed by atoms with Gasteiger partial charge in [-0.1, -0.05) is 32.6 Å². The van der Waals surface area contributed by atoms with Gasteiger partial charge in [-0.2, -0.15) is 0 Å². The van der Waals surface area contributed by atoms with Crippen LogP contribution in [0, 0.1) is 5.92 Å². The van der Waals surface area contributed by atoms with Crippen molar-refractivity contribution in [2.45, 2.75) is 63.9 Å². The summed E-state index contributed by atoms with van der Waals surface area (Å²) in [7, 11) is 0. The van der Waals surface area contributed by atoms with E-state index < -0.39 is 5.60 Å². The number of hydrogen-bond donors (Lipinski definition) is 1. The van der Waals surface area contributed by atoms with Gasteiger partial charge in [-0.25, -0.2) is 0 Å². The average Bonchev–Trinajstić information content (AvgIpc) is 2.64. The highest BCUT2D eigenvalue weighted by Gasteiger charge is 2.43. The van der Waals surface area contributed by atoms with Crippen LogP contribution in [0.2, 0.25) is 0 Å². The molecule has 0 bridgehead atoms. The van der Waals surface area contributed by atoms with E-state index in [4.69, 9.17) is 4.74 Å². The lowest BCUT2D eigenvalue weighted by atomic mass is 9.71. The lowest BCUT2D eigenvalue weighted by molar-refractivity contribution is -0.0886. The van der Waals surface area contributed by atoms with Gasteiger partial charge in [0, 0.05) is 24.6 Å². The molecule has 0 spiro atoms. The lowest BCUT2D eigenvalue weighted by Crippen LogP contribution is -2.54. The van der Waals surface area contributed by atoms with Crippen molar-refractivity contribution >= 4 is 5.91 Å². The van der Waals surface area contributed by atoms with Crippen LogP contribution in [0.15, 0.2) is 24.3 Å². The summed E-state index contributed by atoms with van der Waals surface area (Å²) in [4.78, 5) is 14.7. The number of rotatable bonds is 6. The minimum atomic E-state index is -0.536. The fraction of sp³-hybridized carbons (Fsp3) is 0.667. The molecule has 2 fully saturated rings. The van der Waals surface area contributed by atoms with Gasteiger partial charge in [0.1, 0.15) is 5.75 Å². The number of likely N-dealkylation sites (tertiary alicyclic amines) is 1. The number of unbranched alkanes of at least 4 members (excludes halogenated alkanes) is 2. The van der Waals surface area contributed by atoms with Gasteiger partial charge in [0.2, 0.25) is 0 Å². The molecule has 1 heterocycles. The van der Waals surface area contributed by atoms with Gasteiger partial charge in [0.25, 0.3) is 5.91 Å². The maximum Gasteiger partial charge on any atom is 0.253 e. The maximum absolute atomic E-state index is 12.8. The molecule has 0 unspecified atom stereocenters. The molecule has 4 heteroatoms. The third-order valence-electron chi connectivity index (χ3n) is 5.83. The van der Waals surface area contributed by atoms with Crippen LogP contribution < -0.4 is 4.74 Å². The van der Waals surface area contributed by atoms with E-state index in [0.717, 1.165) is 38.0 Å². The Balaban J connectivity index is 1.56. The first-order valence-electron chi connectivity index (χ1n) is 9.87. The van der Waals surface area contributed by atoms with Gasteiger partial charge in [-0.05, 0) is 49.9 Å². The predicted octanol–water partition coefficient (Wildman–Crippen LogP) is 4.02. The molecule has 0 aromatic heterocycles. The topological polar surface area (TPSA) is 49.8 Å². The summed E-state index contributed by atoms with van der Waals surface area (Å²) in [6.07, 6.45) is 8.34. The molecular formula is C21H31NO3. The largest absolute Gasteiger partial charge is 0.494 e. The summed E-state index contributed by atoms with van der Waals surface area (Å²) >= 11 is 0. The monoisotopic (exact) mass is 345 g/mol. The maximum atomic E-state index is 12.8. The molecule has 138 valence electrons. The third-order valence-corrected chi connectivity index (χ3v) is 5.83. The number of aliphatic hydroxyl groups is 1. The van der Waals surface area contributed by atoms with Crippen molar-refractivity contribution in [1.82, 2.24) is 4.90 Å². The number of benzene rings is 1. The summed E-state index contributed by atoms with van der Waals surface area (Å²) < 4.78 is 5.71. The highest BCUT2D eigenvalue weighted by atomic mass is 16.5. The van der Waals surface area contributed by atoms with E-state index in [2.05, 4.69) is 6.92 Å². The first kappa shape index (κ1) is 18.2. The van der Waals surface area contributed by atoms with Crippen molar-refractivity contribution < 1.29 is 14.6 Å². The number of ether oxygens (including phenoxy) is 1. The molecule has 2 atom stereocenters. The normalized spacial score (nSPS) is 26.2. The summed E-state index contributed by atoms with van der Waals surface area (Å²) in [5.41, 5.74) is 0.174. The fourth-order valence-electron chi connectivity index (χ4n) is 4.17. The molecule has 1 aliphatic carbocycles. The second-order valence-electron chi connectivity index (χ2n) is 7.63. The van der Waals surface area contributed by atoms with Gasteiger partial charge in [-0.15, -0.1) is 0 Å². The molecule has 3 rings (SSSR count). The summed E-state index contributed by atoms with van der Waals surface area (Å²) in [5, 5.41) is 10.8. The number of carbonyl (C=O) groups is 1. The minimum Gasteiger partial charge on any atom is -0.494 e. The van der Waals surface area contributed by atoms with Crippen molar-refractivity contribution in [3.8, 4) is 5.75 Å². The Hall–Kier alpha value is -1.55. The Bertz CT molecular complexity index is 571. The zero-order valence-electron chi connectivity index (χ0n) is 15.4. The molecule has 1 aliphatic heterocycles. The third kappa shape index (κ3) is 4.35. The number of carbonyl (C=O) groups excluding carboxylic acids is 1. The van der Waals surface area contributed by atoms with Crippen LogP contribution >= 0.6 is 0 Å². The lowest BCUT2D eigenvalue weighted by Gasteiger charge is -2.47. The predicted molar refractivity (Wildman–Crippen MR) is 98.9 cm³/mol. The Labute approximate surface area is 151 Å². The van der Waals surface area contributed by atoms with Crippen molar-refractivity contribution in [2.75, 3.05) is 19.7 Å². The van der Waals surface area contributed by atoms with Gasteiger partial charge in [0.15, 0.2) is 0 Å². The van der Waals surface area contributed by atoms with E-state index in [0.29, 0.717) is 25.1 Å². The first-order valence-corrected chi connectivity index (χ1v) is 9.87. The number of nitrogens with zero attached hydrogens (tertiary/aromatic N) is 1. The number of piperidine rings is 1. The van der Waals surface area contributed by atoms with E-state index >= 15 is 0 Å². The molecule has 4 nitrogen and oxygen atoms in total. The number of hydrogen-bond acceptors (Lipinski definition) is 3. The Morgan fingerprint density at radius 2 is 2.04 bits per heavy atom. The molecule has 25 heavy (non-hydrogen) atoms. The smallest absolute Gasteiger partial charge is 0.253 e. The van der Waals surface area contributed by atoms with Crippen molar-refractivity contribution in [1.29, 1.82) is 0 Å². The van der Waals surface area contributed by atoms with E-state index in [9.17, 15) is 9.90 Å². The zero-order chi connectivity index (χ0) is 17.7. The van der Waals surface area contributed by atoms with Crippen molar-refractivity contribution in [3.63, 3.8) is 0 Å². The minimum absolute atomic E-state index is 0.0742. The van der Waals surface area contributed by atoms with Gasteiger partial charge in [0.05, 0.1) is 12.2 Å². The van der Waals surface area contributed by atoms with Gasteiger partial charge in [-0.3, -0.25) is 4.79 Å². The number of amides is 1. The number of fused-ring (bicyclic) bond motifs is 1. The zero-order valence-corrected chi connectivity index (χ0v) is 15.4. The van der Waals surface area contributed by atoms with Gasteiger partial charge < -0.3 is 14.7 Å². The fourth-order valence-corrected chi connectivity index (χ4v) is 4.17. The van der Waals surface area contributed by atoms with Crippen LogP contribution in [0.3, 0.4) is 0 Å². The SMILES string of the molecule is CCCCCOc1ccc(C(=O)N2CC[C@@]3(O)CCCC[C@H]3C2)cc1. The Kier molecular flexibility index (Phi) is 6.00. The standard InChI is InChI=1S/C21H31NO3/c1-2-3-6-15-25-19-10-8-17(9-11-19)20(23)22-14-13-21(24)12-5-4-7-18(21)16-22/h8-11,18,24H,2-7,12-16H2,1H3/t18-,21-/m0/s1. The van der Waals surface area contributed by atoms with Crippen LogP contribution in [-0.2, 0) is 0 Å². The molecule has 1 aromatic rings. The van der Waals surface area contributed by atoms with Crippen LogP contribution in [0.1, 0.15) is 68.6 Å². The van der Waals surface area contributed by atoms with Gasteiger partial charge >= 0.3 is 0 Å². The highest BCUT2D eigenvalue weighted by Crippen LogP contribution is 2.40. The average molecular weight is 345 g/mol. The summed E-state index contributed by atoms with van der Waals surface area (Å²) in [6, 6.07) is 7.50. The van der Waals surface area contributed by atoms with Crippen LogP contribution in [0.5, 0.6) is 5.75 Å². The molecular weight excluding hydrogens is 314 g/mol. The van der Waals surface area contributed by atoms with Crippen LogP contribution in [-0.4, -0.2) is 41.2 Å². The van der Waals surface area contributed by atoms with E-state index in [-0.39, 0.29) is 11.8 Å². The molecule has 1 N–H and O–H groups in total. The Morgan fingerprint density at radius 3 is 2.80 bits per heavy atom. The van der Waals surface area contributed by atoms with E-state index in [1.807, 2.05) is 29.2 Å². The molecule has 0 radical (unpaired) electrons. The molecule has 1 aromatic carbocycles. The molecule has 1 saturated heterocycles. The quantitative estimate of drug-likeness (QED) is 0.792. The van der Waals surface area contributed by atoms with E-state index in [1.165, 1.54) is 19.3 Å². The van der Waals surface area contributed by atoms with Crippen LogP contribution in [0.4, 0.5) is 0 Å². The molecule has 1 amide bonds. The second-order valence-corrected chi connectivity index (χ2v) is 7.63. The second kappa shape index (κ2) is 8.22. The van der Waals surface area contributed by atoms with Crippen molar-refractivity contribution in [2.24, 2.45) is 5.92 Å². The molecule has 2 aliphatic rings. The Morgan fingerprint density at radius 1 is 1.24 bits per heavy atom.